The fourth-order valence-electron chi connectivity index (χ4n) is 3.14. The van der Waals surface area contributed by atoms with Crippen molar-refractivity contribution >= 4 is 17.2 Å². The fraction of sp³-hybridized carbons (Fsp3) is 0.353. The summed E-state index contributed by atoms with van der Waals surface area (Å²) in [6.45, 7) is 1.86. The van der Waals surface area contributed by atoms with Gasteiger partial charge in [-0.25, -0.2) is 0 Å². The van der Waals surface area contributed by atoms with Crippen molar-refractivity contribution in [3.05, 3.63) is 46.2 Å². The first kappa shape index (κ1) is 13.6. The van der Waals surface area contributed by atoms with Crippen molar-refractivity contribution in [3.63, 3.8) is 0 Å². The zero-order valence-corrected chi connectivity index (χ0v) is 13.0. The predicted octanol–water partition coefficient (Wildman–Crippen LogP) is 3.50. The second-order valence-electron chi connectivity index (χ2n) is 5.69. The molecule has 0 spiro atoms. The molecule has 1 amide bonds. The minimum absolute atomic E-state index is 0.0852. The summed E-state index contributed by atoms with van der Waals surface area (Å²) in [7, 11) is 0. The molecule has 114 valence electrons. The highest BCUT2D eigenvalue weighted by Gasteiger charge is 2.26. The average Bonchev–Trinajstić information content (AvgIpc) is 3.25. The van der Waals surface area contributed by atoms with Gasteiger partial charge in [-0.2, -0.15) is 11.3 Å². The van der Waals surface area contributed by atoms with Crippen LogP contribution in [0.4, 0.5) is 0 Å². The van der Waals surface area contributed by atoms with Crippen LogP contribution in [0.5, 0.6) is 11.5 Å². The van der Waals surface area contributed by atoms with E-state index in [1.165, 1.54) is 5.56 Å². The van der Waals surface area contributed by atoms with Crippen molar-refractivity contribution in [2.75, 3.05) is 19.9 Å². The lowest BCUT2D eigenvalue weighted by atomic mass is 9.91. The molecule has 2 aromatic rings. The lowest BCUT2D eigenvalue weighted by Gasteiger charge is -2.32. The van der Waals surface area contributed by atoms with Crippen LogP contribution in [0.1, 0.15) is 34.7 Å². The van der Waals surface area contributed by atoms with Crippen molar-refractivity contribution in [2.45, 2.75) is 18.8 Å². The van der Waals surface area contributed by atoms with Crippen LogP contribution in [0.2, 0.25) is 0 Å². The number of nitrogens with zero attached hydrogens (tertiary/aromatic N) is 1. The van der Waals surface area contributed by atoms with Gasteiger partial charge in [0.2, 0.25) is 6.79 Å². The van der Waals surface area contributed by atoms with E-state index in [0.29, 0.717) is 23.0 Å². The highest BCUT2D eigenvalue weighted by Crippen LogP contribution is 2.34. The maximum atomic E-state index is 12.6. The van der Waals surface area contributed by atoms with Gasteiger partial charge >= 0.3 is 0 Å². The summed E-state index contributed by atoms with van der Waals surface area (Å²) in [6, 6.07) is 7.62. The molecule has 22 heavy (non-hydrogen) atoms. The summed E-state index contributed by atoms with van der Waals surface area (Å²) in [5.41, 5.74) is 2.10. The third kappa shape index (κ3) is 2.46. The van der Waals surface area contributed by atoms with Crippen molar-refractivity contribution in [1.29, 1.82) is 0 Å². The predicted molar refractivity (Wildman–Crippen MR) is 84.8 cm³/mol. The monoisotopic (exact) mass is 315 g/mol. The number of likely N-dealkylation sites (tertiary alicyclic amines) is 1. The standard InChI is InChI=1S/C17H17NO3S/c19-17(13-1-2-15-16(9-13)21-11-20-15)18-6-3-12(4-7-18)14-5-8-22-10-14/h1-2,5,8-10,12H,3-4,6-7,11H2. The lowest BCUT2D eigenvalue weighted by molar-refractivity contribution is 0.0712. The Hall–Kier alpha value is -2.01. The van der Waals surface area contributed by atoms with E-state index in [4.69, 9.17) is 9.47 Å². The smallest absolute Gasteiger partial charge is 0.253 e. The van der Waals surface area contributed by atoms with E-state index in [1.54, 1.807) is 17.4 Å². The minimum Gasteiger partial charge on any atom is -0.454 e. The summed E-state index contributed by atoms with van der Waals surface area (Å²) in [6.07, 6.45) is 2.07. The van der Waals surface area contributed by atoms with Gasteiger partial charge in [-0.3, -0.25) is 4.79 Å². The van der Waals surface area contributed by atoms with E-state index in [2.05, 4.69) is 16.8 Å². The van der Waals surface area contributed by atoms with Gasteiger partial charge in [0, 0.05) is 18.7 Å². The minimum atomic E-state index is 0.0852. The van der Waals surface area contributed by atoms with Gasteiger partial charge in [0.1, 0.15) is 0 Å². The molecule has 0 radical (unpaired) electrons. The van der Waals surface area contributed by atoms with E-state index < -0.39 is 0 Å². The third-order valence-electron chi connectivity index (χ3n) is 4.42. The molecule has 1 saturated heterocycles. The molecular weight excluding hydrogens is 298 g/mol. The van der Waals surface area contributed by atoms with Crippen molar-refractivity contribution < 1.29 is 14.3 Å². The quantitative estimate of drug-likeness (QED) is 0.851. The first-order chi connectivity index (χ1) is 10.8. The fourth-order valence-corrected chi connectivity index (χ4v) is 3.88. The second-order valence-corrected chi connectivity index (χ2v) is 6.47. The second kappa shape index (κ2) is 5.65. The number of carbonyl (C=O) groups is 1. The van der Waals surface area contributed by atoms with Crippen LogP contribution < -0.4 is 9.47 Å². The number of amides is 1. The Labute approximate surface area is 133 Å². The van der Waals surface area contributed by atoms with Crippen LogP contribution in [0.15, 0.2) is 35.0 Å². The van der Waals surface area contributed by atoms with Gasteiger partial charge in [-0.1, -0.05) is 0 Å². The van der Waals surface area contributed by atoms with Crippen LogP contribution in [0.3, 0.4) is 0 Å². The Morgan fingerprint density at radius 2 is 1.95 bits per heavy atom. The molecule has 1 aromatic heterocycles. The molecule has 1 fully saturated rings. The normalized spacial score (nSPS) is 17.7. The highest BCUT2D eigenvalue weighted by molar-refractivity contribution is 7.07. The molecule has 0 bridgehead atoms. The molecule has 3 heterocycles. The van der Waals surface area contributed by atoms with Crippen molar-refractivity contribution in [1.82, 2.24) is 4.90 Å². The van der Waals surface area contributed by atoms with Gasteiger partial charge in [0.05, 0.1) is 0 Å². The zero-order valence-electron chi connectivity index (χ0n) is 12.2. The molecule has 2 aliphatic rings. The molecule has 0 aliphatic carbocycles. The maximum absolute atomic E-state index is 12.6. The summed E-state index contributed by atoms with van der Waals surface area (Å²) in [5.74, 6) is 2.06. The SMILES string of the molecule is O=C(c1ccc2c(c1)OCO2)N1CCC(c2ccsc2)CC1. The molecule has 0 atom stereocenters. The van der Waals surface area contributed by atoms with E-state index in [-0.39, 0.29) is 12.7 Å². The summed E-state index contributed by atoms with van der Waals surface area (Å²) >= 11 is 1.74. The number of ether oxygens (including phenoxy) is 2. The number of thiophene rings is 1. The summed E-state index contributed by atoms with van der Waals surface area (Å²) in [5, 5.41) is 4.35. The lowest BCUT2D eigenvalue weighted by Crippen LogP contribution is -2.37. The number of fused-ring (bicyclic) bond motifs is 1. The van der Waals surface area contributed by atoms with Crippen LogP contribution in [-0.4, -0.2) is 30.7 Å². The number of hydrogen-bond acceptors (Lipinski definition) is 4. The molecular formula is C17H17NO3S. The maximum Gasteiger partial charge on any atom is 0.253 e. The number of piperidine rings is 1. The Morgan fingerprint density at radius 1 is 1.14 bits per heavy atom. The molecule has 5 heteroatoms. The summed E-state index contributed by atoms with van der Waals surface area (Å²) in [4.78, 5) is 14.6. The van der Waals surface area contributed by atoms with Crippen LogP contribution >= 0.6 is 11.3 Å². The van der Waals surface area contributed by atoms with Gasteiger partial charge in [-0.15, -0.1) is 0 Å². The molecule has 1 aromatic carbocycles. The van der Waals surface area contributed by atoms with Crippen LogP contribution in [-0.2, 0) is 0 Å². The number of rotatable bonds is 2. The molecule has 2 aliphatic heterocycles. The molecule has 0 unspecified atom stereocenters. The van der Waals surface area contributed by atoms with Crippen molar-refractivity contribution in [2.24, 2.45) is 0 Å². The third-order valence-corrected chi connectivity index (χ3v) is 5.12. The molecule has 0 saturated carbocycles. The topological polar surface area (TPSA) is 38.8 Å². The Kier molecular flexibility index (Phi) is 3.50. The van der Waals surface area contributed by atoms with E-state index >= 15 is 0 Å². The number of hydrogen-bond donors (Lipinski definition) is 0. The van der Waals surface area contributed by atoms with E-state index in [1.807, 2.05) is 17.0 Å². The van der Waals surface area contributed by atoms with E-state index in [9.17, 15) is 4.79 Å². The molecule has 4 nitrogen and oxygen atoms in total. The first-order valence-electron chi connectivity index (χ1n) is 7.52. The molecule has 4 rings (SSSR count). The Bertz CT molecular complexity index is 675. The van der Waals surface area contributed by atoms with Crippen molar-refractivity contribution in [3.8, 4) is 11.5 Å². The van der Waals surface area contributed by atoms with E-state index in [0.717, 1.165) is 25.9 Å². The van der Waals surface area contributed by atoms with Crippen LogP contribution in [0.25, 0.3) is 0 Å². The average molecular weight is 315 g/mol. The van der Waals surface area contributed by atoms with Gasteiger partial charge in [0.25, 0.3) is 5.91 Å². The Morgan fingerprint density at radius 3 is 2.73 bits per heavy atom. The number of carbonyl (C=O) groups excluding carboxylic acids is 1. The van der Waals surface area contributed by atoms with Gasteiger partial charge in [0.15, 0.2) is 11.5 Å². The number of benzene rings is 1. The highest BCUT2D eigenvalue weighted by atomic mass is 32.1. The molecule has 0 N–H and O–H groups in total. The zero-order chi connectivity index (χ0) is 14.9. The largest absolute Gasteiger partial charge is 0.454 e. The van der Waals surface area contributed by atoms with Gasteiger partial charge < -0.3 is 14.4 Å². The Balaban J connectivity index is 1.44. The van der Waals surface area contributed by atoms with Crippen LogP contribution in [0, 0.1) is 0 Å². The van der Waals surface area contributed by atoms with Gasteiger partial charge in [-0.05, 0) is 59.3 Å². The summed E-state index contributed by atoms with van der Waals surface area (Å²) < 4.78 is 10.6. The first-order valence-corrected chi connectivity index (χ1v) is 8.46.